The van der Waals surface area contributed by atoms with Crippen LogP contribution in [-0.2, 0) is 16.0 Å². The average molecular weight is 582 g/mol. The van der Waals surface area contributed by atoms with Crippen molar-refractivity contribution in [1.82, 2.24) is 4.90 Å². The highest BCUT2D eigenvalue weighted by molar-refractivity contribution is 6.31. The summed E-state index contributed by atoms with van der Waals surface area (Å²) in [5.41, 5.74) is 3.06. The summed E-state index contributed by atoms with van der Waals surface area (Å²) in [5, 5.41) is 15.7. The fraction of sp³-hybridized carbons (Fsp3) is 0.286. The van der Waals surface area contributed by atoms with Crippen molar-refractivity contribution in [3.8, 4) is 0 Å². The maximum Gasteiger partial charge on any atom is 0.305 e. The lowest BCUT2D eigenvalue weighted by molar-refractivity contribution is -0.137. The second kappa shape index (κ2) is 12.9. The van der Waals surface area contributed by atoms with Gasteiger partial charge in [0.1, 0.15) is 0 Å². The maximum atomic E-state index is 13.7. The minimum Gasteiger partial charge on any atom is -0.481 e. The second-order valence-corrected chi connectivity index (χ2v) is 11.5. The summed E-state index contributed by atoms with van der Waals surface area (Å²) in [6.45, 7) is 5.74. The Morgan fingerprint density at radius 2 is 1.76 bits per heavy atom. The van der Waals surface area contributed by atoms with Gasteiger partial charge in [-0.05, 0) is 73.8 Å². The lowest BCUT2D eigenvalue weighted by atomic mass is 9.95. The molecule has 0 aliphatic carbocycles. The maximum absolute atomic E-state index is 13.7. The number of rotatable bonds is 10. The number of aliphatic imine (C=N–C) groups is 1. The third-order valence-corrected chi connectivity index (χ3v) is 8.49. The summed E-state index contributed by atoms with van der Waals surface area (Å²) < 4.78 is 0. The molecule has 2 atom stereocenters. The van der Waals surface area contributed by atoms with Crippen molar-refractivity contribution in [3.05, 3.63) is 113 Å². The first kappa shape index (κ1) is 29.5. The third-order valence-electron chi connectivity index (χ3n) is 8.25. The van der Waals surface area contributed by atoms with Gasteiger partial charge >= 0.3 is 5.97 Å². The SMILES string of the molecule is CCN1CCC[C@]1(C)C(=O)Nc1ccc(Cl)cc1C(=N[C@@H](CC(=O)O)Cc1cccc2ccccc12)c1ccccc1. The molecule has 1 aliphatic rings. The third kappa shape index (κ3) is 6.40. The molecule has 42 heavy (non-hydrogen) atoms. The van der Waals surface area contributed by atoms with Gasteiger partial charge in [0.25, 0.3) is 0 Å². The zero-order valence-corrected chi connectivity index (χ0v) is 24.8. The molecule has 0 saturated carbocycles. The summed E-state index contributed by atoms with van der Waals surface area (Å²) in [5.74, 6) is -1.000. The highest BCUT2D eigenvalue weighted by Gasteiger charge is 2.42. The molecule has 4 aromatic carbocycles. The van der Waals surface area contributed by atoms with Crippen molar-refractivity contribution >= 4 is 45.6 Å². The van der Waals surface area contributed by atoms with Gasteiger partial charge in [0, 0.05) is 16.1 Å². The van der Waals surface area contributed by atoms with Crippen molar-refractivity contribution < 1.29 is 14.7 Å². The van der Waals surface area contributed by atoms with Gasteiger partial charge in [-0.15, -0.1) is 0 Å². The van der Waals surface area contributed by atoms with Crippen LogP contribution in [0.25, 0.3) is 10.8 Å². The molecule has 1 aliphatic heterocycles. The van der Waals surface area contributed by atoms with E-state index in [9.17, 15) is 14.7 Å². The molecule has 0 spiro atoms. The van der Waals surface area contributed by atoms with Crippen LogP contribution in [0.2, 0.25) is 5.02 Å². The molecule has 1 amide bonds. The molecule has 0 radical (unpaired) electrons. The van der Waals surface area contributed by atoms with E-state index in [-0.39, 0.29) is 12.3 Å². The Hall–Kier alpha value is -4.00. The fourth-order valence-corrected chi connectivity index (χ4v) is 6.20. The van der Waals surface area contributed by atoms with E-state index in [1.54, 1.807) is 18.2 Å². The molecule has 0 unspecified atom stereocenters. The molecule has 6 nitrogen and oxygen atoms in total. The van der Waals surface area contributed by atoms with Crippen LogP contribution in [0.3, 0.4) is 0 Å². The molecule has 1 saturated heterocycles. The lowest BCUT2D eigenvalue weighted by Crippen LogP contribution is -2.50. The number of benzene rings is 4. The minimum absolute atomic E-state index is 0.0734. The Kier molecular flexibility index (Phi) is 9.05. The number of carbonyl (C=O) groups excluding carboxylic acids is 1. The predicted octanol–water partition coefficient (Wildman–Crippen LogP) is 7.23. The molecular weight excluding hydrogens is 546 g/mol. The van der Waals surface area contributed by atoms with Gasteiger partial charge in [-0.25, -0.2) is 0 Å². The molecule has 0 aromatic heterocycles. The summed E-state index contributed by atoms with van der Waals surface area (Å²) in [7, 11) is 0. The molecule has 7 heteroatoms. The number of hydrogen-bond donors (Lipinski definition) is 2. The molecule has 0 bridgehead atoms. The highest BCUT2D eigenvalue weighted by atomic mass is 35.5. The van der Waals surface area contributed by atoms with Crippen molar-refractivity contribution in [2.75, 3.05) is 18.4 Å². The summed E-state index contributed by atoms with van der Waals surface area (Å²) in [6, 6.07) is 28.6. The van der Waals surface area contributed by atoms with Gasteiger partial charge in [0.2, 0.25) is 5.91 Å². The zero-order chi connectivity index (χ0) is 29.7. The number of fused-ring (bicyclic) bond motifs is 1. The van der Waals surface area contributed by atoms with Gasteiger partial charge < -0.3 is 10.4 Å². The molecule has 1 heterocycles. The summed E-state index contributed by atoms with van der Waals surface area (Å²) in [4.78, 5) is 33.1. The van der Waals surface area contributed by atoms with Crippen LogP contribution in [0.1, 0.15) is 49.8 Å². The number of carboxylic acids is 1. The number of likely N-dealkylation sites (N-methyl/N-ethyl adjacent to an activating group) is 1. The number of aliphatic carboxylic acids is 1. The molecule has 1 fully saturated rings. The zero-order valence-electron chi connectivity index (χ0n) is 24.0. The van der Waals surface area contributed by atoms with Crippen LogP contribution in [0.15, 0.2) is 96.0 Å². The Bertz CT molecular complexity index is 1620. The van der Waals surface area contributed by atoms with Gasteiger partial charge in [-0.2, -0.15) is 0 Å². The Morgan fingerprint density at radius 3 is 2.52 bits per heavy atom. The highest BCUT2D eigenvalue weighted by Crippen LogP contribution is 2.32. The quantitative estimate of drug-likeness (QED) is 0.194. The first-order chi connectivity index (χ1) is 20.3. The molecular formula is C35H36ClN3O3. The van der Waals surface area contributed by atoms with Crippen LogP contribution >= 0.6 is 11.6 Å². The molecule has 4 aromatic rings. The van der Waals surface area contributed by atoms with E-state index in [2.05, 4.69) is 35.3 Å². The number of hydrogen-bond acceptors (Lipinski definition) is 4. The van der Waals surface area contributed by atoms with Gasteiger partial charge in [0.15, 0.2) is 0 Å². The fourth-order valence-electron chi connectivity index (χ4n) is 6.03. The van der Waals surface area contributed by atoms with E-state index in [4.69, 9.17) is 16.6 Å². The van der Waals surface area contributed by atoms with Crippen molar-refractivity contribution in [3.63, 3.8) is 0 Å². The smallest absolute Gasteiger partial charge is 0.305 e. The monoisotopic (exact) mass is 581 g/mol. The van der Waals surface area contributed by atoms with Crippen LogP contribution in [-0.4, -0.2) is 52.3 Å². The first-order valence-electron chi connectivity index (χ1n) is 14.5. The van der Waals surface area contributed by atoms with E-state index in [1.807, 2.05) is 61.5 Å². The topological polar surface area (TPSA) is 82.0 Å². The predicted molar refractivity (Wildman–Crippen MR) is 171 cm³/mol. The second-order valence-electron chi connectivity index (χ2n) is 11.0. The standard InChI is InChI=1S/C35H36ClN3O3/c1-3-39-20-10-19-35(39,2)34(42)38-31-18-17-27(36)22-30(31)33(25-12-5-4-6-13-25)37-28(23-32(40)41)21-26-15-9-14-24-11-7-8-16-29(24)26/h4-9,11-18,22,28H,3,10,19-21,23H2,1-2H3,(H,38,42)(H,40,41)/t28-,35-/m1/s1. The van der Waals surface area contributed by atoms with Crippen LogP contribution in [0.4, 0.5) is 5.69 Å². The Labute approximate surface area is 252 Å². The Morgan fingerprint density at radius 1 is 1.02 bits per heavy atom. The number of carbonyl (C=O) groups is 2. The number of amides is 1. The summed E-state index contributed by atoms with van der Waals surface area (Å²) >= 11 is 6.53. The minimum atomic E-state index is -0.926. The number of anilines is 1. The van der Waals surface area contributed by atoms with Crippen molar-refractivity contribution in [2.45, 2.75) is 51.1 Å². The van der Waals surface area contributed by atoms with Crippen molar-refractivity contribution in [2.24, 2.45) is 4.99 Å². The number of halogens is 1. The van der Waals surface area contributed by atoms with Gasteiger partial charge in [0.05, 0.1) is 29.4 Å². The van der Waals surface area contributed by atoms with Crippen LogP contribution in [0, 0.1) is 0 Å². The van der Waals surface area contributed by atoms with Gasteiger partial charge in [-0.1, -0.05) is 91.3 Å². The molecule has 216 valence electrons. The molecule has 5 rings (SSSR count). The van der Waals surface area contributed by atoms with Crippen LogP contribution in [0.5, 0.6) is 0 Å². The first-order valence-corrected chi connectivity index (χ1v) is 14.8. The number of likely N-dealkylation sites (tertiary alicyclic amines) is 1. The van der Waals surface area contributed by atoms with Crippen molar-refractivity contribution in [1.29, 1.82) is 0 Å². The molecule has 2 N–H and O–H groups in total. The Balaban J connectivity index is 1.60. The van der Waals surface area contributed by atoms with E-state index in [0.717, 1.165) is 47.8 Å². The van der Waals surface area contributed by atoms with E-state index in [0.29, 0.717) is 28.4 Å². The van der Waals surface area contributed by atoms with Crippen LogP contribution < -0.4 is 5.32 Å². The number of carboxylic acid groups (broad SMARTS) is 1. The largest absolute Gasteiger partial charge is 0.481 e. The lowest BCUT2D eigenvalue weighted by Gasteiger charge is -2.33. The number of nitrogens with one attached hydrogen (secondary N) is 1. The number of nitrogens with zero attached hydrogens (tertiary/aromatic N) is 2. The average Bonchev–Trinajstić information content (AvgIpc) is 3.39. The van der Waals surface area contributed by atoms with E-state index >= 15 is 0 Å². The van der Waals surface area contributed by atoms with E-state index < -0.39 is 17.6 Å². The van der Waals surface area contributed by atoms with E-state index in [1.165, 1.54) is 0 Å². The normalized spacial score (nSPS) is 18.2. The summed E-state index contributed by atoms with van der Waals surface area (Å²) in [6.07, 6.45) is 2.04. The van der Waals surface area contributed by atoms with Gasteiger partial charge in [-0.3, -0.25) is 19.5 Å².